The molecule has 0 saturated heterocycles. The molecule has 2 atom stereocenters. The molecule has 3 heteroatoms. The van der Waals surface area contributed by atoms with Gasteiger partial charge in [-0.3, -0.25) is 0 Å². The van der Waals surface area contributed by atoms with Gasteiger partial charge in [0.25, 0.3) is 0 Å². The van der Waals surface area contributed by atoms with Gasteiger partial charge >= 0.3 is 0 Å². The van der Waals surface area contributed by atoms with Crippen molar-refractivity contribution < 1.29 is 9.53 Å². The largest absolute Gasteiger partial charge is 0.383 e. The first-order chi connectivity index (χ1) is 8.15. The molecule has 0 bridgehead atoms. The van der Waals surface area contributed by atoms with Gasteiger partial charge in [-0.25, -0.2) is 0 Å². The molecule has 3 nitrogen and oxygen atoms in total. The molecule has 1 aliphatic carbocycles. The van der Waals surface area contributed by atoms with E-state index in [4.69, 9.17) is 4.74 Å². The fraction of sp³-hybridized carbons (Fsp3) is 0.929. The van der Waals surface area contributed by atoms with Crippen molar-refractivity contribution in [3.8, 4) is 0 Å². The van der Waals surface area contributed by atoms with Crippen molar-refractivity contribution in [2.75, 3.05) is 33.4 Å². The summed E-state index contributed by atoms with van der Waals surface area (Å²) in [7, 11) is 1.73. The van der Waals surface area contributed by atoms with Gasteiger partial charge in [-0.15, -0.1) is 0 Å². The van der Waals surface area contributed by atoms with Crippen LogP contribution >= 0.6 is 0 Å². The first kappa shape index (κ1) is 14.7. The zero-order chi connectivity index (χ0) is 12.7. The van der Waals surface area contributed by atoms with E-state index in [0.717, 1.165) is 39.1 Å². The molecule has 1 saturated carbocycles. The molecule has 2 unspecified atom stereocenters. The highest BCUT2D eigenvalue weighted by molar-refractivity contribution is 5.60. The summed E-state index contributed by atoms with van der Waals surface area (Å²) in [6, 6.07) is 0. The third-order valence-electron chi connectivity index (χ3n) is 3.97. The van der Waals surface area contributed by atoms with Crippen molar-refractivity contribution in [2.24, 2.45) is 11.3 Å². The van der Waals surface area contributed by atoms with Gasteiger partial charge < -0.3 is 14.4 Å². The fourth-order valence-electron chi connectivity index (χ4n) is 3.00. The number of likely N-dealkylation sites (N-methyl/N-ethyl adjacent to an activating group) is 1. The summed E-state index contributed by atoms with van der Waals surface area (Å²) in [5, 5.41) is 0. The first-order valence-corrected chi connectivity index (χ1v) is 6.83. The second-order valence-electron chi connectivity index (χ2n) is 5.54. The monoisotopic (exact) mass is 241 g/mol. The Hall–Kier alpha value is -0.410. The highest BCUT2D eigenvalue weighted by atomic mass is 16.5. The molecule has 0 amide bonds. The third kappa shape index (κ3) is 4.40. The van der Waals surface area contributed by atoms with Gasteiger partial charge in [-0.2, -0.15) is 0 Å². The number of rotatable bonds is 7. The van der Waals surface area contributed by atoms with Crippen molar-refractivity contribution in [3.63, 3.8) is 0 Å². The van der Waals surface area contributed by atoms with Crippen LogP contribution in [0.15, 0.2) is 0 Å². The summed E-state index contributed by atoms with van der Waals surface area (Å²) < 4.78 is 5.12. The number of methoxy groups -OCH3 is 1. The van der Waals surface area contributed by atoms with E-state index >= 15 is 0 Å². The van der Waals surface area contributed by atoms with Crippen LogP contribution in [0, 0.1) is 11.3 Å². The lowest BCUT2D eigenvalue weighted by Gasteiger charge is -2.39. The zero-order valence-corrected chi connectivity index (χ0v) is 11.6. The maximum atomic E-state index is 11.5. The average Bonchev–Trinajstić information content (AvgIpc) is 2.34. The van der Waals surface area contributed by atoms with Crippen LogP contribution in [-0.4, -0.2) is 44.5 Å². The Balaban J connectivity index is 2.56. The molecule has 0 N–H and O–H groups in total. The molecule has 1 aliphatic rings. The van der Waals surface area contributed by atoms with E-state index in [1.54, 1.807) is 7.11 Å². The minimum absolute atomic E-state index is 0.0958. The number of carbonyl (C=O) groups is 1. The van der Waals surface area contributed by atoms with Crippen LogP contribution < -0.4 is 0 Å². The van der Waals surface area contributed by atoms with Crippen molar-refractivity contribution in [1.29, 1.82) is 0 Å². The number of nitrogens with zero attached hydrogens (tertiary/aromatic N) is 1. The summed E-state index contributed by atoms with van der Waals surface area (Å²) >= 11 is 0. The quantitative estimate of drug-likeness (QED) is 0.641. The zero-order valence-electron chi connectivity index (χ0n) is 11.6. The van der Waals surface area contributed by atoms with Crippen LogP contribution in [0.2, 0.25) is 0 Å². The standard InChI is InChI=1S/C14H27NO2/c1-4-15(8-9-17-3)11-14(12-16)7-5-6-13(2)10-14/h12-13H,4-11H2,1-3H3. The highest BCUT2D eigenvalue weighted by Gasteiger charge is 2.35. The molecule has 17 heavy (non-hydrogen) atoms. The lowest BCUT2D eigenvalue weighted by Crippen LogP contribution is -2.42. The average molecular weight is 241 g/mol. The predicted molar refractivity (Wildman–Crippen MR) is 70.1 cm³/mol. The van der Waals surface area contributed by atoms with E-state index in [1.807, 2.05) is 0 Å². The van der Waals surface area contributed by atoms with Crippen LogP contribution in [0.4, 0.5) is 0 Å². The van der Waals surface area contributed by atoms with Crippen molar-refractivity contribution >= 4 is 6.29 Å². The Labute approximate surface area is 106 Å². The molecule has 0 aromatic carbocycles. The smallest absolute Gasteiger partial charge is 0.127 e. The van der Waals surface area contributed by atoms with Gasteiger partial charge in [0.15, 0.2) is 0 Å². The number of ether oxygens (including phenoxy) is 1. The van der Waals surface area contributed by atoms with Crippen LogP contribution in [-0.2, 0) is 9.53 Å². The van der Waals surface area contributed by atoms with Gasteiger partial charge in [0, 0.05) is 25.6 Å². The SMILES string of the molecule is CCN(CCOC)CC1(C=O)CCCC(C)C1. The number of hydrogen-bond acceptors (Lipinski definition) is 3. The number of hydrogen-bond donors (Lipinski definition) is 0. The van der Waals surface area contributed by atoms with Gasteiger partial charge in [0.2, 0.25) is 0 Å². The predicted octanol–water partition coefficient (Wildman–Crippen LogP) is 2.35. The molecule has 0 heterocycles. The van der Waals surface area contributed by atoms with Crippen molar-refractivity contribution in [1.82, 2.24) is 4.90 Å². The molecule has 0 aliphatic heterocycles. The van der Waals surface area contributed by atoms with Crippen LogP contribution in [0.3, 0.4) is 0 Å². The van der Waals surface area contributed by atoms with E-state index in [0.29, 0.717) is 5.92 Å². The lowest BCUT2D eigenvalue weighted by molar-refractivity contribution is -0.120. The minimum atomic E-state index is -0.0958. The molecule has 100 valence electrons. The maximum absolute atomic E-state index is 11.5. The number of aldehydes is 1. The first-order valence-electron chi connectivity index (χ1n) is 6.83. The summed E-state index contributed by atoms with van der Waals surface area (Å²) in [6.07, 6.45) is 5.81. The Kier molecular flexibility index (Phi) is 6.14. The molecular weight excluding hydrogens is 214 g/mol. The van der Waals surface area contributed by atoms with E-state index in [-0.39, 0.29) is 5.41 Å². The molecule has 0 aromatic rings. The maximum Gasteiger partial charge on any atom is 0.127 e. The van der Waals surface area contributed by atoms with E-state index in [9.17, 15) is 4.79 Å². The van der Waals surface area contributed by atoms with E-state index < -0.39 is 0 Å². The molecule has 0 aromatic heterocycles. The van der Waals surface area contributed by atoms with Crippen LogP contribution in [0.5, 0.6) is 0 Å². The Morgan fingerprint density at radius 1 is 1.53 bits per heavy atom. The van der Waals surface area contributed by atoms with E-state index in [2.05, 4.69) is 18.7 Å². The second kappa shape index (κ2) is 7.12. The van der Waals surface area contributed by atoms with Crippen molar-refractivity contribution in [3.05, 3.63) is 0 Å². The van der Waals surface area contributed by atoms with Gasteiger partial charge in [0.1, 0.15) is 6.29 Å². The summed E-state index contributed by atoms with van der Waals surface area (Å²) in [6.45, 7) is 7.99. The van der Waals surface area contributed by atoms with E-state index in [1.165, 1.54) is 19.1 Å². The molecule has 1 rings (SSSR count). The minimum Gasteiger partial charge on any atom is -0.383 e. The summed E-state index contributed by atoms with van der Waals surface area (Å²) in [5.41, 5.74) is -0.0958. The fourth-order valence-corrected chi connectivity index (χ4v) is 3.00. The summed E-state index contributed by atoms with van der Waals surface area (Å²) in [5.74, 6) is 0.690. The van der Waals surface area contributed by atoms with Crippen molar-refractivity contribution in [2.45, 2.75) is 39.5 Å². The third-order valence-corrected chi connectivity index (χ3v) is 3.97. The summed E-state index contributed by atoms with van der Waals surface area (Å²) in [4.78, 5) is 13.8. The Morgan fingerprint density at radius 3 is 2.82 bits per heavy atom. The molecule has 0 spiro atoms. The Bertz CT molecular complexity index is 232. The molecule has 0 radical (unpaired) electrons. The molecular formula is C14H27NO2. The normalized spacial score (nSPS) is 29.5. The van der Waals surface area contributed by atoms with Gasteiger partial charge in [0.05, 0.1) is 6.61 Å². The molecule has 1 fully saturated rings. The Morgan fingerprint density at radius 2 is 2.29 bits per heavy atom. The number of carbonyl (C=O) groups excluding carboxylic acids is 1. The van der Waals surface area contributed by atoms with Gasteiger partial charge in [-0.1, -0.05) is 26.7 Å². The van der Waals surface area contributed by atoms with Gasteiger partial charge in [-0.05, 0) is 25.3 Å². The topological polar surface area (TPSA) is 29.5 Å². The van der Waals surface area contributed by atoms with Crippen LogP contribution in [0.25, 0.3) is 0 Å². The highest BCUT2D eigenvalue weighted by Crippen LogP contribution is 2.38. The second-order valence-corrected chi connectivity index (χ2v) is 5.54. The lowest BCUT2D eigenvalue weighted by atomic mass is 9.70. The van der Waals surface area contributed by atoms with Crippen LogP contribution in [0.1, 0.15) is 39.5 Å².